The van der Waals surface area contributed by atoms with Crippen LogP contribution in [0.1, 0.15) is 38.1 Å². The summed E-state index contributed by atoms with van der Waals surface area (Å²) in [4.78, 5) is 10.2. The molecule has 0 aliphatic heterocycles. The van der Waals surface area contributed by atoms with Crippen molar-refractivity contribution in [3.05, 3.63) is 29.8 Å². The Balaban J connectivity index is -0.000000249. The molecule has 1 aromatic carbocycles. The minimum absolute atomic E-state index is 0. The number of benzene rings is 1. The predicted octanol–water partition coefficient (Wildman–Crippen LogP) is 2.74. The van der Waals surface area contributed by atoms with Crippen molar-refractivity contribution in [3.8, 4) is 5.75 Å². The maximum atomic E-state index is 10.2. The number of aliphatic hydroxyl groups excluding tert-OH is 1. The largest absolute Gasteiger partial charge is 0.497 e. The highest BCUT2D eigenvalue weighted by Gasteiger charge is 1.89. The first-order chi connectivity index (χ1) is 8.63. The number of carbonyl (C=O) groups is 1. The molecule has 0 unspecified atom stereocenters. The highest BCUT2D eigenvalue weighted by Crippen LogP contribution is 2.09. The van der Waals surface area contributed by atoms with Crippen LogP contribution in [-0.2, 0) is 0 Å². The molecule has 0 saturated carbocycles. The lowest BCUT2D eigenvalue weighted by molar-refractivity contribution is 0.112. The highest BCUT2D eigenvalue weighted by molar-refractivity contribution is 5.74. The molecule has 0 heterocycles. The number of rotatable bonds is 4. The molecule has 112 valence electrons. The summed E-state index contributed by atoms with van der Waals surface area (Å²) in [5.41, 5.74) is 5.17. The van der Waals surface area contributed by atoms with Crippen molar-refractivity contribution in [2.75, 3.05) is 20.8 Å². The first kappa shape index (κ1) is 22.8. The smallest absolute Gasteiger partial charge is 0.150 e. The molecule has 1 aromatic rings. The zero-order valence-electron chi connectivity index (χ0n) is 11.7. The van der Waals surface area contributed by atoms with E-state index in [1.807, 2.05) is 0 Å². The Hall–Kier alpha value is -1.39. The zero-order chi connectivity index (χ0) is 14.4. The first-order valence-corrected chi connectivity index (χ1v) is 5.91. The van der Waals surface area contributed by atoms with Crippen LogP contribution in [0.3, 0.4) is 0 Å². The van der Waals surface area contributed by atoms with E-state index >= 15 is 0 Å². The van der Waals surface area contributed by atoms with Crippen molar-refractivity contribution in [2.24, 2.45) is 11.7 Å². The third-order valence-electron chi connectivity index (χ3n) is 1.96. The fourth-order valence-electron chi connectivity index (χ4n) is 0.941. The van der Waals surface area contributed by atoms with E-state index in [-0.39, 0.29) is 7.43 Å². The lowest BCUT2D eigenvalue weighted by Gasteiger charge is -1.96. The van der Waals surface area contributed by atoms with Crippen molar-refractivity contribution in [3.63, 3.8) is 0 Å². The SMILES string of the molecule is C.CC(C)CCO.CN.COc1ccc(C=O)cc1. The Bertz CT molecular complexity index is 284. The Morgan fingerprint density at radius 2 is 1.74 bits per heavy atom. The number of hydrogen-bond donors (Lipinski definition) is 2. The zero-order valence-corrected chi connectivity index (χ0v) is 11.7. The third kappa shape index (κ3) is 14.6. The van der Waals surface area contributed by atoms with Gasteiger partial charge in [-0.1, -0.05) is 21.3 Å². The quantitative estimate of drug-likeness (QED) is 0.826. The van der Waals surface area contributed by atoms with E-state index in [9.17, 15) is 4.79 Å². The summed E-state index contributed by atoms with van der Waals surface area (Å²) in [5.74, 6) is 1.42. The monoisotopic (exact) mass is 271 g/mol. The average Bonchev–Trinajstić information content (AvgIpc) is 2.41. The van der Waals surface area contributed by atoms with Gasteiger partial charge in [0.15, 0.2) is 0 Å². The Kier molecular flexibility index (Phi) is 19.9. The summed E-state index contributed by atoms with van der Waals surface area (Å²) in [6, 6.07) is 6.94. The Labute approximate surface area is 117 Å². The van der Waals surface area contributed by atoms with E-state index in [4.69, 9.17) is 9.84 Å². The molecule has 0 amide bonds. The Morgan fingerprint density at radius 1 is 1.26 bits per heavy atom. The average molecular weight is 271 g/mol. The molecule has 4 nitrogen and oxygen atoms in total. The fourth-order valence-corrected chi connectivity index (χ4v) is 0.941. The van der Waals surface area contributed by atoms with E-state index < -0.39 is 0 Å². The van der Waals surface area contributed by atoms with Crippen LogP contribution in [0.2, 0.25) is 0 Å². The van der Waals surface area contributed by atoms with Crippen LogP contribution in [0.15, 0.2) is 24.3 Å². The van der Waals surface area contributed by atoms with Crippen LogP contribution in [0.5, 0.6) is 5.75 Å². The fraction of sp³-hybridized carbons (Fsp3) is 0.533. The lowest BCUT2D eigenvalue weighted by Crippen LogP contribution is -1.89. The number of nitrogens with two attached hydrogens (primary N) is 1. The maximum Gasteiger partial charge on any atom is 0.150 e. The van der Waals surface area contributed by atoms with Crippen molar-refractivity contribution < 1.29 is 14.6 Å². The van der Waals surface area contributed by atoms with Gasteiger partial charge in [-0.15, -0.1) is 0 Å². The maximum absolute atomic E-state index is 10.2. The molecule has 0 fully saturated rings. The van der Waals surface area contributed by atoms with E-state index in [2.05, 4.69) is 19.6 Å². The van der Waals surface area contributed by atoms with E-state index in [1.165, 1.54) is 7.05 Å². The van der Waals surface area contributed by atoms with E-state index in [1.54, 1.807) is 31.4 Å². The summed E-state index contributed by atoms with van der Waals surface area (Å²) < 4.78 is 4.90. The van der Waals surface area contributed by atoms with Crippen LogP contribution in [0.25, 0.3) is 0 Å². The first-order valence-electron chi connectivity index (χ1n) is 5.91. The van der Waals surface area contributed by atoms with Crippen molar-refractivity contribution in [1.82, 2.24) is 0 Å². The molecule has 0 atom stereocenters. The summed E-state index contributed by atoms with van der Waals surface area (Å²) in [6.45, 7) is 4.52. The molecule has 0 spiro atoms. The van der Waals surface area contributed by atoms with Gasteiger partial charge in [0, 0.05) is 12.2 Å². The number of aldehydes is 1. The molecule has 1 rings (SSSR count). The second-order valence-corrected chi connectivity index (χ2v) is 3.80. The molecule has 0 radical (unpaired) electrons. The molecule has 0 bridgehead atoms. The number of aliphatic hydroxyl groups is 1. The Morgan fingerprint density at radius 3 is 1.95 bits per heavy atom. The second kappa shape index (κ2) is 16.6. The number of hydrogen-bond acceptors (Lipinski definition) is 4. The summed E-state index contributed by atoms with van der Waals surface area (Å²) in [7, 11) is 3.09. The van der Waals surface area contributed by atoms with Gasteiger partial charge in [0.1, 0.15) is 12.0 Å². The molecule has 3 N–H and O–H groups in total. The predicted molar refractivity (Wildman–Crippen MR) is 81.8 cm³/mol. The normalized spacial score (nSPS) is 8.16. The van der Waals surface area contributed by atoms with Crippen LogP contribution < -0.4 is 10.5 Å². The highest BCUT2D eigenvalue weighted by atomic mass is 16.5. The van der Waals surface area contributed by atoms with Gasteiger partial charge < -0.3 is 15.6 Å². The molecule has 0 aliphatic carbocycles. The minimum atomic E-state index is 0. The molecular weight excluding hydrogens is 242 g/mol. The second-order valence-electron chi connectivity index (χ2n) is 3.80. The van der Waals surface area contributed by atoms with Crippen molar-refractivity contribution in [1.29, 1.82) is 0 Å². The van der Waals surface area contributed by atoms with Gasteiger partial charge in [-0.2, -0.15) is 0 Å². The molecule has 19 heavy (non-hydrogen) atoms. The summed E-state index contributed by atoms with van der Waals surface area (Å²) in [6.07, 6.45) is 1.74. The minimum Gasteiger partial charge on any atom is -0.497 e. The van der Waals surface area contributed by atoms with Crippen LogP contribution >= 0.6 is 0 Å². The lowest BCUT2D eigenvalue weighted by atomic mass is 10.2. The standard InChI is InChI=1S/C8H8O2.C5H12O.CH5N.CH4/c1-10-8-4-2-7(6-9)3-5-8;1-5(2)3-4-6;1-2;/h2-6H,1H3;5-6H,3-4H2,1-2H3;2H2,1H3;1H4. The van der Waals surface area contributed by atoms with Gasteiger partial charge in [0.25, 0.3) is 0 Å². The topological polar surface area (TPSA) is 72.6 Å². The van der Waals surface area contributed by atoms with Crippen LogP contribution in [0, 0.1) is 5.92 Å². The molecule has 4 heteroatoms. The summed E-state index contributed by atoms with van der Waals surface area (Å²) >= 11 is 0. The van der Waals surface area contributed by atoms with Crippen molar-refractivity contribution in [2.45, 2.75) is 27.7 Å². The molecule has 0 saturated heterocycles. The van der Waals surface area contributed by atoms with Gasteiger partial charge >= 0.3 is 0 Å². The molecular formula is C15H29NO3. The van der Waals surface area contributed by atoms with Crippen LogP contribution in [-0.4, -0.2) is 32.2 Å². The van der Waals surface area contributed by atoms with Crippen molar-refractivity contribution >= 4 is 6.29 Å². The van der Waals surface area contributed by atoms with Gasteiger partial charge in [-0.05, 0) is 43.7 Å². The molecule has 0 aliphatic rings. The van der Waals surface area contributed by atoms with E-state index in [0.717, 1.165) is 18.5 Å². The van der Waals surface area contributed by atoms with Gasteiger partial charge in [0.05, 0.1) is 7.11 Å². The number of ether oxygens (including phenoxy) is 1. The molecule has 0 aromatic heterocycles. The number of carbonyl (C=O) groups excluding carboxylic acids is 1. The van der Waals surface area contributed by atoms with Gasteiger partial charge in [-0.3, -0.25) is 4.79 Å². The summed E-state index contributed by atoms with van der Waals surface area (Å²) in [5, 5.41) is 8.24. The number of methoxy groups -OCH3 is 1. The van der Waals surface area contributed by atoms with Gasteiger partial charge in [-0.25, -0.2) is 0 Å². The van der Waals surface area contributed by atoms with E-state index in [0.29, 0.717) is 18.1 Å². The van der Waals surface area contributed by atoms with Crippen LogP contribution in [0.4, 0.5) is 0 Å². The van der Waals surface area contributed by atoms with Gasteiger partial charge in [0.2, 0.25) is 0 Å². The third-order valence-corrected chi connectivity index (χ3v) is 1.96.